The normalized spacial score (nSPS) is 10.0. The molecule has 0 aliphatic carbocycles. The van der Waals surface area contributed by atoms with Gasteiger partial charge in [0, 0.05) is 18.0 Å². The van der Waals surface area contributed by atoms with E-state index in [0.717, 1.165) is 11.3 Å². The zero-order valence-corrected chi connectivity index (χ0v) is 11.0. The summed E-state index contributed by atoms with van der Waals surface area (Å²) in [5, 5.41) is 2.82. The number of nitrogens with one attached hydrogen (secondary N) is 1. The Morgan fingerprint density at radius 1 is 1.26 bits per heavy atom. The minimum absolute atomic E-state index is 0.0513. The van der Waals surface area contributed by atoms with Crippen molar-refractivity contribution in [1.29, 1.82) is 0 Å². The molecule has 0 spiro atoms. The Morgan fingerprint density at radius 3 is 2.79 bits per heavy atom. The summed E-state index contributed by atoms with van der Waals surface area (Å²) in [7, 11) is 0. The lowest BCUT2D eigenvalue weighted by Gasteiger charge is -2.09. The third-order valence-corrected chi connectivity index (χ3v) is 2.64. The van der Waals surface area contributed by atoms with Gasteiger partial charge in [-0.1, -0.05) is 23.8 Å². The van der Waals surface area contributed by atoms with Crippen LogP contribution in [-0.4, -0.2) is 17.5 Å². The molecule has 2 rings (SSSR count). The first-order valence-corrected chi connectivity index (χ1v) is 6.06. The Labute approximate surface area is 112 Å². The molecule has 1 amide bonds. The molecule has 0 aliphatic heterocycles. The lowest BCUT2D eigenvalue weighted by atomic mass is 10.1. The van der Waals surface area contributed by atoms with Crippen molar-refractivity contribution in [2.45, 2.75) is 13.8 Å². The van der Waals surface area contributed by atoms with Crippen LogP contribution in [-0.2, 0) is 4.79 Å². The average Bonchev–Trinajstić information content (AvgIpc) is 2.41. The van der Waals surface area contributed by atoms with Crippen LogP contribution in [0.5, 0.6) is 5.88 Å². The molecule has 2 aromatic rings. The van der Waals surface area contributed by atoms with Crippen LogP contribution in [0.3, 0.4) is 0 Å². The van der Waals surface area contributed by atoms with Crippen molar-refractivity contribution in [3.05, 3.63) is 53.7 Å². The third kappa shape index (κ3) is 3.81. The van der Waals surface area contributed by atoms with Gasteiger partial charge in [-0.25, -0.2) is 4.98 Å². The maximum Gasteiger partial charge on any atom is 0.262 e. The van der Waals surface area contributed by atoms with Crippen molar-refractivity contribution >= 4 is 11.6 Å². The van der Waals surface area contributed by atoms with E-state index in [-0.39, 0.29) is 12.5 Å². The van der Waals surface area contributed by atoms with Crippen LogP contribution in [0.2, 0.25) is 0 Å². The molecule has 1 aromatic heterocycles. The van der Waals surface area contributed by atoms with Gasteiger partial charge < -0.3 is 10.1 Å². The number of pyridine rings is 1. The zero-order chi connectivity index (χ0) is 13.7. The fourth-order valence-electron chi connectivity index (χ4n) is 1.71. The van der Waals surface area contributed by atoms with E-state index in [1.54, 1.807) is 18.3 Å². The van der Waals surface area contributed by atoms with E-state index in [1.807, 2.05) is 38.1 Å². The minimum atomic E-state index is -0.197. The van der Waals surface area contributed by atoms with Crippen molar-refractivity contribution in [3.63, 3.8) is 0 Å². The van der Waals surface area contributed by atoms with Gasteiger partial charge >= 0.3 is 0 Å². The van der Waals surface area contributed by atoms with Crippen molar-refractivity contribution in [1.82, 2.24) is 4.98 Å². The Balaban J connectivity index is 1.91. The molecule has 4 nitrogen and oxygen atoms in total. The van der Waals surface area contributed by atoms with Crippen LogP contribution in [0.25, 0.3) is 0 Å². The molecular weight excluding hydrogens is 240 g/mol. The second kappa shape index (κ2) is 6.00. The molecular formula is C15H16N2O2. The van der Waals surface area contributed by atoms with E-state index in [2.05, 4.69) is 10.3 Å². The quantitative estimate of drug-likeness (QED) is 0.915. The van der Waals surface area contributed by atoms with Crippen molar-refractivity contribution in [2.75, 3.05) is 11.9 Å². The number of ether oxygens (including phenoxy) is 1. The SMILES string of the molecule is Cc1ccc(NC(=O)COc2ccccn2)c(C)c1. The van der Waals surface area contributed by atoms with Crippen LogP contribution < -0.4 is 10.1 Å². The maximum atomic E-state index is 11.8. The Morgan fingerprint density at radius 2 is 2.11 bits per heavy atom. The predicted molar refractivity (Wildman–Crippen MR) is 74.3 cm³/mol. The number of hydrogen-bond acceptors (Lipinski definition) is 3. The number of anilines is 1. The number of amides is 1. The van der Waals surface area contributed by atoms with E-state index < -0.39 is 0 Å². The van der Waals surface area contributed by atoms with E-state index in [1.165, 1.54) is 5.56 Å². The van der Waals surface area contributed by atoms with E-state index in [9.17, 15) is 4.79 Å². The number of carbonyl (C=O) groups is 1. The summed E-state index contributed by atoms with van der Waals surface area (Å²) >= 11 is 0. The molecule has 0 unspecified atom stereocenters. The van der Waals surface area contributed by atoms with Gasteiger partial charge in [0.1, 0.15) is 0 Å². The third-order valence-electron chi connectivity index (χ3n) is 2.64. The summed E-state index contributed by atoms with van der Waals surface area (Å²) in [4.78, 5) is 15.7. The van der Waals surface area contributed by atoms with E-state index in [4.69, 9.17) is 4.74 Å². The highest BCUT2D eigenvalue weighted by atomic mass is 16.5. The summed E-state index contributed by atoms with van der Waals surface area (Å²) in [6.45, 7) is 3.93. The molecule has 98 valence electrons. The standard InChI is InChI=1S/C15H16N2O2/c1-11-6-7-13(12(2)9-11)17-14(18)10-19-15-5-3-4-8-16-15/h3-9H,10H2,1-2H3,(H,17,18). The first kappa shape index (κ1) is 13.1. The van der Waals surface area contributed by atoms with Gasteiger partial charge in [0.2, 0.25) is 5.88 Å². The average molecular weight is 256 g/mol. The number of aromatic nitrogens is 1. The Bertz CT molecular complexity index is 568. The molecule has 0 saturated heterocycles. The molecule has 4 heteroatoms. The van der Waals surface area contributed by atoms with Crippen LogP contribution in [0, 0.1) is 13.8 Å². The molecule has 1 N–H and O–H groups in total. The van der Waals surface area contributed by atoms with E-state index in [0.29, 0.717) is 5.88 Å². The summed E-state index contributed by atoms with van der Waals surface area (Å²) in [6, 6.07) is 11.2. The fourth-order valence-corrected chi connectivity index (χ4v) is 1.71. The summed E-state index contributed by atoms with van der Waals surface area (Å²) in [5.41, 5.74) is 3.01. The molecule has 1 heterocycles. The zero-order valence-electron chi connectivity index (χ0n) is 11.0. The Hall–Kier alpha value is -2.36. The van der Waals surface area contributed by atoms with Crippen LogP contribution in [0.15, 0.2) is 42.6 Å². The number of rotatable bonds is 4. The Kier molecular flexibility index (Phi) is 4.13. The maximum absolute atomic E-state index is 11.8. The van der Waals surface area contributed by atoms with Gasteiger partial charge in [0.25, 0.3) is 5.91 Å². The topological polar surface area (TPSA) is 51.2 Å². The van der Waals surface area contributed by atoms with Crippen molar-refractivity contribution < 1.29 is 9.53 Å². The summed E-state index contributed by atoms with van der Waals surface area (Å²) in [5.74, 6) is 0.246. The molecule has 0 bridgehead atoms. The van der Waals surface area contributed by atoms with Gasteiger partial charge in [0.05, 0.1) is 0 Å². The second-order valence-corrected chi connectivity index (χ2v) is 4.32. The highest BCUT2D eigenvalue weighted by molar-refractivity contribution is 5.92. The predicted octanol–water partition coefficient (Wildman–Crippen LogP) is 2.72. The number of aryl methyl sites for hydroxylation is 2. The highest BCUT2D eigenvalue weighted by Crippen LogP contribution is 2.15. The van der Waals surface area contributed by atoms with Gasteiger partial charge in [0.15, 0.2) is 6.61 Å². The molecule has 0 radical (unpaired) electrons. The molecule has 0 atom stereocenters. The summed E-state index contributed by atoms with van der Waals surface area (Å²) < 4.78 is 5.28. The highest BCUT2D eigenvalue weighted by Gasteiger charge is 2.06. The summed E-state index contributed by atoms with van der Waals surface area (Å²) in [6.07, 6.45) is 1.62. The number of carbonyl (C=O) groups excluding carboxylic acids is 1. The largest absolute Gasteiger partial charge is 0.468 e. The van der Waals surface area contributed by atoms with Crippen molar-refractivity contribution in [3.8, 4) is 5.88 Å². The van der Waals surface area contributed by atoms with Gasteiger partial charge in [-0.2, -0.15) is 0 Å². The molecule has 0 fully saturated rings. The number of benzene rings is 1. The van der Waals surface area contributed by atoms with Gasteiger partial charge in [-0.05, 0) is 31.5 Å². The molecule has 1 aromatic carbocycles. The number of hydrogen-bond donors (Lipinski definition) is 1. The van der Waals surface area contributed by atoms with Crippen LogP contribution in [0.4, 0.5) is 5.69 Å². The lowest BCUT2D eigenvalue weighted by molar-refractivity contribution is -0.118. The lowest BCUT2D eigenvalue weighted by Crippen LogP contribution is -2.20. The number of nitrogens with zero attached hydrogens (tertiary/aromatic N) is 1. The van der Waals surface area contributed by atoms with Crippen LogP contribution in [0.1, 0.15) is 11.1 Å². The smallest absolute Gasteiger partial charge is 0.262 e. The van der Waals surface area contributed by atoms with Crippen molar-refractivity contribution in [2.24, 2.45) is 0 Å². The second-order valence-electron chi connectivity index (χ2n) is 4.32. The van der Waals surface area contributed by atoms with Gasteiger partial charge in [-0.3, -0.25) is 4.79 Å². The molecule has 0 saturated carbocycles. The van der Waals surface area contributed by atoms with E-state index >= 15 is 0 Å². The van der Waals surface area contributed by atoms with Gasteiger partial charge in [-0.15, -0.1) is 0 Å². The minimum Gasteiger partial charge on any atom is -0.468 e. The monoisotopic (exact) mass is 256 g/mol. The fraction of sp³-hybridized carbons (Fsp3) is 0.200. The van der Waals surface area contributed by atoms with Crippen LogP contribution >= 0.6 is 0 Å². The first-order valence-electron chi connectivity index (χ1n) is 6.06. The first-order chi connectivity index (χ1) is 9.15. The molecule has 19 heavy (non-hydrogen) atoms. The molecule has 0 aliphatic rings.